The SMILES string of the molecule is COc1cc(NC(=O)OC[C@H]2CCN(C(=O)OC(C)(C)C)C2)c(Cl)cc1C=O. The molecule has 1 aliphatic heterocycles. The minimum Gasteiger partial charge on any atom is -0.496 e. The number of halogens is 1. The highest BCUT2D eigenvalue weighted by Crippen LogP contribution is 2.30. The van der Waals surface area contributed by atoms with Gasteiger partial charge in [0.05, 0.1) is 30.0 Å². The zero-order chi connectivity index (χ0) is 20.9. The third kappa shape index (κ3) is 6.02. The normalized spacial score (nSPS) is 16.5. The van der Waals surface area contributed by atoms with Crippen molar-refractivity contribution < 1.29 is 28.6 Å². The maximum absolute atomic E-state index is 12.1. The van der Waals surface area contributed by atoms with E-state index in [4.69, 9.17) is 25.8 Å². The first kappa shape index (κ1) is 21.8. The van der Waals surface area contributed by atoms with Crippen LogP contribution in [0.4, 0.5) is 15.3 Å². The van der Waals surface area contributed by atoms with E-state index in [-0.39, 0.29) is 34.9 Å². The summed E-state index contributed by atoms with van der Waals surface area (Å²) in [7, 11) is 1.41. The van der Waals surface area contributed by atoms with E-state index >= 15 is 0 Å². The molecule has 1 N–H and O–H groups in total. The Morgan fingerprint density at radius 3 is 2.68 bits per heavy atom. The predicted octanol–water partition coefficient (Wildman–Crippen LogP) is 3.97. The van der Waals surface area contributed by atoms with Gasteiger partial charge in [0.25, 0.3) is 0 Å². The molecule has 9 heteroatoms. The van der Waals surface area contributed by atoms with Gasteiger partial charge >= 0.3 is 12.2 Å². The van der Waals surface area contributed by atoms with Gasteiger partial charge in [-0.05, 0) is 33.3 Å². The van der Waals surface area contributed by atoms with Gasteiger partial charge in [-0.15, -0.1) is 0 Å². The van der Waals surface area contributed by atoms with E-state index in [9.17, 15) is 14.4 Å². The lowest BCUT2D eigenvalue weighted by Crippen LogP contribution is -2.35. The fourth-order valence-corrected chi connectivity index (χ4v) is 2.95. The van der Waals surface area contributed by atoms with Crippen molar-refractivity contribution in [3.05, 3.63) is 22.7 Å². The van der Waals surface area contributed by atoms with Crippen LogP contribution in [0.3, 0.4) is 0 Å². The van der Waals surface area contributed by atoms with E-state index in [2.05, 4.69) is 5.32 Å². The van der Waals surface area contributed by atoms with Crippen LogP contribution in [0.1, 0.15) is 37.6 Å². The van der Waals surface area contributed by atoms with Gasteiger partial charge in [-0.3, -0.25) is 10.1 Å². The van der Waals surface area contributed by atoms with Crippen molar-refractivity contribution in [2.24, 2.45) is 5.92 Å². The third-order valence-electron chi connectivity index (χ3n) is 4.07. The summed E-state index contributed by atoms with van der Waals surface area (Å²) in [5.74, 6) is 0.319. The van der Waals surface area contributed by atoms with Crippen LogP contribution in [0.25, 0.3) is 0 Å². The van der Waals surface area contributed by atoms with Gasteiger partial charge in [0.15, 0.2) is 6.29 Å². The Bertz CT molecular complexity index is 747. The van der Waals surface area contributed by atoms with E-state index in [1.165, 1.54) is 19.2 Å². The third-order valence-corrected chi connectivity index (χ3v) is 4.38. The molecule has 0 spiro atoms. The predicted molar refractivity (Wildman–Crippen MR) is 104 cm³/mol. The van der Waals surface area contributed by atoms with Crippen LogP contribution >= 0.6 is 11.6 Å². The Morgan fingerprint density at radius 1 is 1.36 bits per heavy atom. The smallest absolute Gasteiger partial charge is 0.411 e. The molecule has 1 aliphatic rings. The molecule has 1 saturated heterocycles. The average molecular weight is 413 g/mol. The number of carbonyl (C=O) groups is 3. The van der Waals surface area contributed by atoms with Crippen LogP contribution < -0.4 is 10.1 Å². The molecule has 2 amide bonds. The maximum Gasteiger partial charge on any atom is 0.411 e. The van der Waals surface area contributed by atoms with Crippen LogP contribution in [-0.4, -0.2) is 55.8 Å². The Balaban J connectivity index is 1.85. The van der Waals surface area contributed by atoms with Crippen molar-refractivity contribution in [3.63, 3.8) is 0 Å². The minimum atomic E-state index is -0.682. The number of rotatable bonds is 5. The average Bonchev–Trinajstić information content (AvgIpc) is 3.09. The first-order chi connectivity index (χ1) is 13.1. The summed E-state index contributed by atoms with van der Waals surface area (Å²) in [5, 5.41) is 2.72. The number of nitrogens with zero attached hydrogens (tertiary/aromatic N) is 1. The molecule has 0 bridgehead atoms. The lowest BCUT2D eigenvalue weighted by Gasteiger charge is -2.24. The number of amides is 2. The molecule has 0 unspecified atom stereocenters. The number of benzene rings is 1. The molecule has 1 atom stereocenters. The fourth-order valence-electron chi connectivity index (χ4n) is 2.73. The maximum atomic E-state index is 12.1. The van der Waals surface area contributed by atoms with Crippen molar-refractivity contribution in [1.29, 1.82) is 0 Å². The van der Waals surface area contributed by atoms with E-state index in [1.807, 2.05) is 20.8 Å². The number of carbonyl (C=O) groups excluding carboxylic acids is 3. The molecule has 0 radical (unpaired) electrons. The quantitative estimate of drug-likeness (QED) is 0.735. The van der Waals surface area contributed by atoms with Crippen LogP contribution in [0.2, 0.25) is 5.02 Å². The number of likely N-dealkylation sites (tertiary alicyclic amines) is 1. The summed E-state index contributed by atoms with van der Waals surface area (Å²) in [6.07, 6.45) is 0.283. The van der Waals surface area contributed by atoms with Crippen molar-refractivity contribution in [1.82, 2.24) is 4.90 Å². The monoisotopic (exact) mass is 412 g/mol. The summed E-state index contributed by atoms with van der Waals surface area (Å²) in [5.41, 5.74) is 0.00109. The Labute approximate surface area is 169 Å². The van der Waals surface area contributed by atoms with E-state index in [0.29, 0.717) is 25.1 Å². The van der Waals surface area contributed by atoms with Crippen LogP contribution in [0.15, 0.2) is 12.1 Å². The van der Waals surface area contributed by atoms with Gasteiger partial charge in [-0.1, -0.05) is 11.6 Å². The second-order valence-corrected chi connectivity index (χ2v) is 7.90. The zero-order valence-corrected chi connectivity index (χ0v) is 17.2. The van der Waals surface area contributed by atoms with E-state index in [1.54, 1.807) is 4.90 Å². The molecule has 0 saturated carbocycles. The van der Waals surface area contributed by atoms with Crippen LogP contribution in [0, 0.1) is 5.92 Å². The van der Waals surface area contributed by atoms with Gasteiger partial charge in [0.2, 0.25) is 0 Å². The molecule has 28 heavy (non-hydrogen) atoms. The first-order valence-corrected chi connectivity index (χ1v) is 9.25. The molecule has 0 aromatic heterocycles. The zero-order valence-electron chi connectivity index (χ0n) is 16.4. The second kappa shape index (κ2) is 9.14. The largest absolute Gasteiger partial charge is 0.496 e. The minimum absolute atomic E-state index is 0.0284. The van der Waals surface area contributed by atoms with Gasteiger partial charge in [0.1, 0.15) is 11.4 Å². The van der Waals surface area contributed by atoms with Gasteiger partial charge in [0, 0.05) is 25.1 Å². The number of anilines is 1. The number of ether oxygens (including phenoxy) is 3. The number of hydrogen-bond donors (Lipinski definition) is 1. The molecule has 2 rings (SSSR count). The molecule has 1 fully saturated rings. The van der Waals surface area contributed by atoms with Crippen molar-refractivity contribution >= 4 is 35.8 Å². The molecule has 8 nitrogen and oxygen atoms in total. The first-order valence-electron chi connectivity index (χ1n) is 8.87. The molecular weight excluding hydrogens is 388 g/mol. The summed E-state index contributed by atoms with van der Waals surface area (Å²) in [6.45, 7) is 6.62. The number of aldehydes is 1. The highest BCUT2D eigenvalue weighted by molar-refractivity contribution is 6.34. The number of methoxy groups -OCH3 is 1. The molecule has 1 aromatic carbocycles. The summed E-state index contributed by atoms with van der Waals surface area (Å²) in [4.78, 5) is 36.7. The lowest BCUT2D eigenvalue weighted by atomic mass is 10.1. The van der Waals surface area contributed by atoms with E-state index < -0.39 is 11.7 Å². The number of hydrogen-bond acceptors (Lipinski definition) is 6. The molecule has 154 valence electrons. The second-order valence-electron chi connectivity index (χ2n) is 7.50. The summed E-state index contributed by atoms with van der Waals surface area (Å²) in [6, 6.07) is 2.85. The molecular formula is C19H25ClN2O6. The van der Waals surface area contributed by atoms with Gasteiger partial charge in [-0.2, -0.15) is 0 Å². The lowest BCUT2D eigenvalue weighted by molar-refractivity contribution is 0.0283. The number of nitrogens with one attached hydrogen (secondary N) is 1. The topological polar surface area (TPSA) is 94.2 Å². The Kier molecular flexibility index (Phi) is 7.12. The highest BCUT2D eigenvalue weighted by atomic mass is 35.5. The standard InChI is InChI=1S/C19H25ClN2O6/c1-19(2,3)28-18(25)22-6-5-12(9-22)11-27-17(24)21-15-8-16(26-4)13(10-23)7-14(15)20/h7-8,10,12H,5-6,9,11H2,1-4H3,(H,21,24)/t12-/m0/s1. The van der Waals surface area contributed by atoms with Crippen LogP contribution in [0.5, 0.6) is 5.75 Å². The van der Waals surface area contributed by atoms with Crippen molar-refractivity contribution in [3.8, 4) is 5.75 Å². The molecule has 1 aromatic rings. The summed E-state index contributed by atoms with van der Waals surface area (Å²) < 4.78 is 15.7. The van der Waals surface area contributed by atoms with Crippen molar-refractivity contribution in [2.45, 2.75) is 32.8 Å². The molecule has 0 aliphatic carbocycles. The highest BCUT2D eigenvalue weighted by Gasteiger charge is 2.30. The Hall–Kier alpha value is -2.48. The molecule has 1 heterocycles. The van der Waals surface area contributed by atoms with Crippen LogP contribution in [-0.2, 0) is 9.47 Å². The fraction of sp³-hybridized carbons (Fsp3) is 0.526. The van der Waals surface area contributed by atoms with Gasteiger partial charge < -0.3 is 19.1 Å². The van der Waals surface area contributed by atoms with Crippen molar-refractivity contribution in [2.75, 3.05) is 32.1 Å². The van der Waals surface area contributed by atoms with Gasteiger partial charge in [-0.25, -0.2) is 9.59 Å². The Morgan fingerprint density at radius 2 is 2.07 bits per heavy atom. The van der Waals surface area contributed by atoms with E-state index in [0.717, 1.165) is 6.42 Å². The summed E-state index contributed by atoms with van der Waals surface area (Å²) >= 11 is 6.07.